The largest absolute Gasteiger partial charge is 0.394 e. The lowest BCUT2D eigenvalue weighted by Crippen LogP contribution is -2.49. The molecule has 1 aliphatic rings. The van der Waals surface area contributed by atoms with Gasteiger partial charge in [-0.1, -0.05) is 31.4 Å². The molecular formula is C15H23NOS. The molecule has 100 valence electrons. The quantitative estimate of drug-likeness (QED) is 0.802. The van der Waals surface area contributed by atoms with Crippen molar-refractivity contribution < 1.29 is 5.11 Å². The van der Waals surface area contributed by atoms with Crippen molar-refractivity contribution in [3.8, 4) is 0 Å². The van der Waals surface area contributed by atoms with Crippen LogP contribution < -0.4 is 5.32 Å². The molecule has 3 heteroatoms. The molecule has 2 nitrogen and oxygen atoms in total. The second kappa shape index (κ2) is 6.60. The van der Waals surface area contributed by atoms with Gasteiger partial charge in [-0.15, -0.1) is 11.8 Å². The number of rotatable bonds is 5. The van der Waals surface area contributed by atoms with Crippen molar-refractivity contribution in [2.24, 2.45) is 0 Å². The first kappa shape index (κ1) is 13.9. The van der Waals surface area contributed by atoms with E-state index in [2.05, 4.69) is 35.8 Å². The first-order valence-electron chi connectivity index (χ1n) is 6.77. The summed E-state index contributed by atoms with van der Waals surface area (Å²) in [7, 11) is 0. The highest BCUT2D eigenvalue weighted by atomic mass is 32.2. The Bertz CT molecular complexity index is 357. The van der Waals surface area contributed by atoms with Gasteiger partial charge in [-0.3, -0.25) is 0 Å². The fraction of sp³-hybridized carbons (Fsp3) is 0.600. The smallest absolute Gasteiger partial charge is 0.0613 e. The minimum Gasteiger partial charge on any atom is -0.394 e. The SMILES string of the molecule is CSc1ccc(CNC2(CO)CCCCC2)cc1. The van der Waals surface area contributed by atoms with Crippen LogP contribution in [0.3, 0.4) is 0 Å². The van der Waals surface area contributed by atoms with Crippen LogP contribution in [0, 0.1) is 0 Å². The monoisotopic (exact) mass is 265 g/mol. The summed E-state index contributed by atoms with van der Waals surface area (Å²) in [5.74, 6) is 0. The van der Waals surface area contributed by atoms with Crippen LogP contribution in [0.15, 0.2) is 29.2 Å². The van der Waals surface area contributed by atoms with Crippen LogP contribution in [0.5, 0.6) is 0 Å². The number of nitrogens with one attached hydrogen (secondary N) is 1. The van der Waals surface area contributed by atoms with Gasteiger partial charge in [-0.05, 0) is 36.8 Å². The fourth-order valence-electron chi connectivity index (χ4n) is 2.65. The van der Waals surface area contributed by atoms with Crippen LogP contribution in [-0.4, -0.2) is 23.5 Å². The lowest BCUT2D eigenvalue weighted by Gasteiger charge is -2.36. The maximum absolute atomic E-state index is 9.64. The molecule has 0 amide bonds. The predicted octanol–water partition coefficient (Wildman–Crippen LogP) is 3.19. The summed E-state index contributed by atoms with van der Waals surface area (Å²) >= 11 is 1.77. The van der Waals surface area contributed by atoms with Gasteiger partial charge >= 0.3 is 0 Å². The molecule has 0 heterocycles. The Hall–Kier alpha value is -0.510. The molecule has 2 N–H and O–H groups in total. The van der Waals surface area contributed by atoms with Crippen molar-refractivity contribution in [3.63, 3.8) is 0 Å². The van der Waals surface area contributed by atoms with E-state index in [0.717, 1.165) is 19.4 Å². The summed E-state index contributed by atoms with van der Waals surface area (Å²) in [5, 5.41) is 13.2. The maximum Gasteiger partial charge on any atom is 0.0613 e. The Morgan fingerprint density at radius 2 is 1.83 bits per heavy atom. The highest BCUT2D eigenvalue weighted by Gasteiger charge is 2.30. The highest BCUT2D eigenvalue weighted by molar-refractivity contribution is 7.98. The first-order valence-corrected chi connectivity index (χ1v) is 7.99. The van der Waals surface area contributed by atoms with E-state index in [1.165, 1.54) is 29.7 Å². The minimum absolute atomic E-state index is 0.0313. The third-order valence-corrected chi connectivity index (χ3v) is 4.68. The number of aliphatic hydroxyl groups is 1. The van der Waals surface area contributed by atoms with Gasteiger partial charge < -0.3 is 10.4 Å². The zero-order valence-corrected chi connectivity index (χ0v) is 11.9. The molecule has 1 fully saturated rings. The van der Waals surface area contributed by atoms with Crippen LogP contribution in [0.4, 0.5) is 0 Å². The van der Waals surface area contributed by atoms with Crippen molar-refractivity contribution in [2.75, 3.05) is 12.9 Å². The normalized spacial score (nSPS) is 18.8. The van der Waals surface area contributed by atoms with Gasteiger partial charge in [0.05, 0.1) is 6.61 Å². The fourth-order valence-corrected chi connectivity index (χ4v) is 3.06. The standard InChI is InChI=1S/C15H23NOS/c1-18-14-7-5-13(6-8-14)11-16-15(12-17)9-3-2-4-10-15/h5-8,16-17H,2-4,9-12H2,1H3. The topological polar surface area (TPSA) is 32.3 Å². The maximum atomic E-state index is 9.64. The third-order valence-electron chi connectivity index (χ3n) is 3.94. The van der Waals surface area contributed by atoms with Crippen LogP contribution in [0.1, 0.15) is 37.7 Å². The van der Waals surface area contributed by atoms with E-state index in [0.29, 0.717) is 0 Å². The molecule has 1 aromatic rings. The number of aliphatic hydroxyl groups excluding tert-OH is 1. The highest BCUT2D eigenvalue weighted by Crippen LogP contribution is 2.28. The number of benzene rings is 1. The van der Waals surface area contributed by atoms with Crippen molar-refractivity contribution >= 4 is 11.8 Å². The van der Waals surface area contributed by atoms with Gasteiger partial charge in [-0.2, -0.15) is 0 Å². The van der Waals surface area contributed by atoms with Crippen molar-refractivity contribution in [3.05, 3.63) is 29.8 Å². The van der Waals surface area contributed by atoms with E-state index < -0.39 is 0 Å². The van der Waals surface area contributed by atoms with Crippen molar-refractivity contribution in [1.29, 1.82) is 0 Å². The Morgan fingerprint density at radius 3 is 2.39 bits per heavy atom. The van der Waals surface area contributed by atoms with E-state index in [-0.39, 0.29) is 12.1 Å². The second-order valence-corrected chi connectivity index (χ2v) is 6.08. The Kier molecular flexibility index (Phi) is 5.10. The number of hydrogen-bond acceptors (Lipinski definition) is 3. The lowest BCUT2D eigenvalue weighted by molar-refractivity contribution is 0.119. The summed E-state index contributed by atoms with van der Waals surface area (Å²) in [6, 6.07) is 8.67. The van der Waals surface area contributed by atoms with Crippen molar-refractivity contribution in [1.82, 2.24) is 5.32 Å². The molecule has 0 unspecified atom stereocenters. The molecule has 18 heavy (non-hydrogen) atoms. The molecule has 2 rings (SSSR count). The van der Waals surface area contributed by atoms with Crippen LogP contribution in [-0.2, 0) is 6.54 Å². The van der Waals surface area contributed by atoms with E-state index in [1.807, 2.05) is 0 Å². The first-order chi connectivity index (χ1) is 8.78. The molecule has 0 saturated heterocycles. The lowest BCUT2D eigenvalue weighted by atomic mass is 9.82. The summed E-state index contributed by atoms with van der Waals surface area (Å²) in [4.78, 5) is 1.30. The molecule has 1 aliphatic carbocycles. The molecule has 0 aromatic heterocycles. The molecular weight excluding hydrogens is 242 g/mol. The molecule has 0 radical (unpaired) electrons. The van der Waals surface area contributed by atoms with Crippen LogP contribution in [0.25, 0.3) is 0 Å². The van der Waals surface area contributed by atoms with E-state index >= 15 is 0 Å². The second-order valence-electron chi connectivity index (χ2n) is 5.20. The third kappa shape index (κ3) is 3.50. The van der Waals surface area contributed by atoms with Gasteiger partial charge in [0.1, 0.15) is 0 Å². The van der Waals surface area contributed by atoms with Crippen LogP contribution in [0.2, 0.25) is 0 Å². The van der Waals surface area contributed by atoms with Gasteiger partial charge in [-0.25, -0.2) is 0 Å². The van der Waals surface area contributed by atoms with Gasteiger partial charge in [0.2, 0.25) is 0 Å². The summed E-state index contributed by atoms with van der Waals surface area (Å²) in [6.45, 7) is 1.12. The average molecular weight is 265 g/mol. The Balaban J connectivity index is 1.92. The van der Waals surface area contributed by atoms with E-state index in [9.17, 15) is 5.11 Å². The predicted molar refractivity (Wildman–Crippen MR) is 78.0 cm³/mol. The molecule has 0 atom stereocenters. The average Bonchev–Trinajstić information content (AvgIpc) is 2.47. The molecule has 1 aromatic carbocycles. The summed E-state index contributed by atoms with van der Waals surface area (Å²) < 4.78 is 0. The molecule has 0 bridgehead atoms. The van der Waals surface area contributed by atoms with Crippen molar-refractivity contribution in [2.45, 2.75) is 49.1 Å². The zero-order chi connectivity index (χ0) is 12.8. The molecule has 0 spiro atoms. The Morgan fingerprint density at radius 1 is 1.17 bits per heavy atom. The molecule has 1 saturated carbocycles. The number of thioether (sulfide) groups is 1. The van der Waals surface area contributed by atoms with Gasteiger partial charge in [0, 0.05) is 17.0 Å². The summed E-state index contributed by atoms with van der Waals surface area (Å²) in [5.41, 5.74) is 1.27. The van der Waals surface area contributed by atoms with Gasteiger partial charge in [0.25, 0.3) is 0 Å². The molecule has 0 aliphatic heterocycles. The number of hydrogen-bond donors (Lipinski definition) is 2. The zero-order valence-electron chi connectivity index (χ0n) is 11.1. The minimum atomic E-state index is -0.0313. The van der Waals surface area contributed by atoms with Crippen LogP contribution >= 0.6 is 11.8 Å². The Labute approximate surface area is 114 Å². The van der Waals surface area contributed by atoms with E-state index in [4.69, 9.17) is 0 Å². The van der Waals surface area contributed by atoms with Gasteiger partial charge in [0.15, 0.2) is 0 Å². The van der Waals surface area contributed by atoms with E-state index in [1.54, 1.807) is 11.8 Å². The summed E-state index contributed by atoms with van der Waals surface area (Å²) in [6.07, 6.45) is 8.08.